The first-order chi connectivity index (χ1) is 8.18. The van der Waals surface area contributed by atoms with Gasteiger partial charge in [-0.2, -0.15) is 0 Å². The normalized spacial score (nSPS) is 23.2. The molecule has 3 heteroatoms. The van der Waals surface area contributed by atoms with Crippen molar-refractivity contribution in [3.05, 3.63) is 41.2 Å². The number of carboxylic acids is 1. The number of rotatable bonds is 2. The first-order valence-electron chi connectivity index (χ1n) is 6.00. The third kappa shape index (κ3) is 2.73. The Hall–Kier alpha value is -1.64. The lowest BCUT2D eigenvalue weighted by Gasteiger charge is -2.25. The van der Waals surface area contributed by atoms with E-state index in [0.717, 1.165) is 31.3 Å². The highest BCUT2D eigenvalue weighted by Gasteiger charge is 2.21. The third-order valence-electron chi connectivity index (χ3n) is 3.55. The predicted octanol–water partition coefficient (Wildman–Crippen LogP) is 3.14. The van der Waals surface area contributed by atoms with E-state index in [1.165, 1.54) is 5.56 Å². The van der Waals surface area contributed by atoms with Crippen molar-refractivity contribution < 1.29 is 9.90 Å². The van der Waals surface area contributed by atoms with Gasteiger partial charge in [0, 0.05) is 18.0 Å². The van der Waals surface area contributed by atoms with Gasteiger partial charge in [-0.25, -0.2) is 4.79 Å². The molecule has 1 aliphatic carbocycles. The monoisotopic (exact) mass is 231 g/mol. The zero-order valence-corrected chi connectivity index (χ0v) is 10.0. The number of hydrogen-bond acceptors (Lipinski definition) is 2. The van der Waals surface area contributed by atoms with Crippen molar-refractivity contribution in [2.45, 2.75) is 38.5 Å². The van der Waals surface area contributed by atoms with E-state index >= 15 is 0 Å². The summed E-state index contributed by atoms with van der Waals surface area (Å²) in [6, 6.07) is 4.06. The third-order valence-corrected chi connectivity index (χ3v) is 3.55. The molecule has 0 spiro atoms. The Morgan fingerprint density at radius 1 is 1.41 bits per heavy atom. The Labute approximate surface area is 101 Å². The molecule has 1 unspecified atom stereocenters. The van der Waals surface area contributed by atoms with Crippen molar-refractivity contribution in [1.82, 2.24) is 4.98 Å². The zero-order valence-electron chi connectivity index (χ0n) is 10.0. The van der Waals surface area contributed by atoms with Gasteiger partial charge in [0.05, 0.1) is 0 Å². The van der Waals surface area contributed by atoms with Crippen molar-refractivity contribution in [3.8, 4) is 0 Å². The molecule has 0 aromatic carbocycles. The van der Waals surface area contributed by atoms with Crippen molar-refractivity contribution >= 4 is 5.97 Å². The van der Waals surface area contributed by atoms with Gasteiger partial charge in [-0.3, -0.25) is 4.98 Å². The maximum Gasteiger partial charge on any atom is 0.331 e. The molecule has 0 aliphatic heterocycles. The van der Waals surface area contributed by atoms with E-state index in [2.05, 4.69) is 4.98 Å². The topological polar surface area (TPSA) is 50.2 Å². The van der Waals surface area contributed by atoms with Crippen molar-refractivity contribution in [2.24, 2.45) is 0 Å². The Kier molecular flexibility index (Phi) is 3.57. The Morgan fingerprint density at radius 3 is 2.76 bits per heavy atom. The van der Waals surface area contributed by atoms with Crippen LogP contribution < -0.4 is 0 Å². The summed E-state index contributed by atoms with van der Waals surface area (Å²) in [5, 5.41) is 9.02. The molecule has 1 saturated carbocycles. The summed E-state index contributed by atoms with van der Waals surface area (Å²) >= 11 is 0. The largest absolute Gasteiger partial charge is 0.478 e. The highest BCUT2D eigenvalue weighted by Crippen LogP contribution is 2.36. The predicted molar refractivity (Wildman–Crippen MR) is 65.8 cm³/mol. The maximum absolute atomic E-state index is 11.0. The first-order valence-corrected chi connectivity index (χ1v) is 6.00. The van der Waals surface area contributed by atoms with Crippen LogP contribution in [-0.2, 0) is 4.79 Å². The van der Waals surface area contributed by atoms with Crippen molar-refractivity contribution in [2.75, 3.05) is 0 Å². The molecule has 3 nitrogen and oxygen atoms in total. The Balaban J connectivity index is 2.19. The minimum atomic E-state index is -0.782. The fraction of sp³-hybridized carbons (Fsp3) is 0.429. The van der Waals surface area contributed by atoms with E-state index in [9.17, 15) is 4.79 Å². The van der Waals surface area contributed by atoms with Gasteiger partial charge in [0.25, 0.3) is 0 Å². The number of aliphatic carboxylic acids is 1. The number of pyridine rings is 1. The van der Waals surface area contributed by atoms with Crippen LogP contribution in [0.3, 0.4) is 0 Å². The molecule has 0 radical (unpaired) electrons. The molecule has 1 fully saturated rings. The van der Waals surface area contributed by atoms with Crippen LogP contribution in [0.15, 0.2) is 35.7 Å². The maximum atomic E-state index is 11.0. The minimum Gasteiger partial charge on any atom is -0.478 e. The second-order valence-electron chi connectivity index (χ2n) is 4.61. The molecule has 1 aromatic rings. The lowest BCUT2D eigenvalue weighted by Crippen LogP contribution is -2.11. The summed E-state index contributed by atoms with van der Waals surface area (Å²) in [5.41, 5.74) is 2.91. The molecule has 0 saturated heterocycles. The summed E-state index contributed by atoms with van der Waals surface area (Å²) in [7, 11) is 0. The summed E-state index contributed by atoms with van der Waals surface area (Å²) in [6.07, 6.45) is 7.63. The molecule has 1 atom stereocenters. The number of carbonyl (C=O) groups is 1. The molecular weight excluding hydrogens is 214 g/mol. The molecule has 2 rings (SSSR count). The smallest absolute Gasteiger partial charge is 0.331 e. The van der Waals surface area contributed by atoms with Crippen molar-refractivity contribution in [1.29, 1.82) is 0 Å². The SMILES string of the molecule is CC(C(=O)O)=C1CCCC(c2ccncc2)C1. The van der Waals surface area contributed by atoms with Crippen LogP contribution in [0.25, 0.3) is 0 Å². The zero-order chi connectivity index (χ0) is 12.3. The second-order valence-corrected chi connectivity index (χ2v) is 4.61. The standard InChI is InChI=1S/C14H17NO2/c1-10(14(16)17)12-3-2-4-13(9-12)11-5-7-15-8-6-11/h5-8,13H,2-4,9H2,1H3,(H,16,17). The summed E-state index contributed by atoms with van der Waals surface area (Å²) < 4.78 is 0. The lowest BCUT2D eigenvalue weighted by molar-refractivity contribution is -0.132. The first kappa shape index (κ1) is 11.8. The van der Waals surface area contributed by atoms with Crippen LogP contribution in [0.5, 0.6) is 0 Å². The number of hydrogen-bond donors (Lipinski definition) is 1. The van der Waals surface area contributed by atoms with Gasteiger partial charge < -0.3 is 5.11 Å². The molecule has 17 heavy (non-hydrogen) atoms. The number of allylic oxidation sites excluding steroid dienone is 1. The summed E-state index contributed by atoms with van der Waals surface area (Å²) in [5.74, 6) is -0.327. The second kappa shape index (κ2) is 5.13. The van der Waals surface area contributed by atoms with E-state index in [4.69, 9.17) is 5.11 Å². The Bertz CT molecular complexity index is 437. The van der Waals surface area contributed by atoms with E-state index < -0.39 is 5.97 Å². The quantitative estimate of drug-likeness (QED) is 0.795. The van der Waals surface area contributed by atoms with Gasteiger partial charge in [0.15, 0.2) is 0 Å². The van der Waals surface area contributed by atoms with E-state index in [-0.39, 0.29) is 0 Å². The molecule has 1 aromatic heterocycles. The molecule has 90 valence electrons. The summed E-state index contributed by atoms with van der Waals surface area (Å²) in [6.45, 7) is 1.71. The fourth-order valence-electron chi connectivity index (χ4n) is 2.48. The number of nitrogens with zero attached hydrogens (tertiary/aromatic N) is 1. The van der Waals surface area contributed by atoms with Crippen LogP contribution in [0, 0.1) is 0 Å². The number of aromatic nitrogens is 1. The van der Waals surface area contributed by atoms with Gasteiger partial charge in [-0.05, 0) is 56.2 Å². The lowest BCUT2D eigenvalue weighted by atomic mass is 9.80. The van der Waals surface area contributed by atoms with Gasteiger partial charge in [-0.1, -0.05) is 5.57 Å². The number of carboxylic acid groups (broad SMARTS) is 1. The average Bonchev–Trinajstić information content (AvgIpc) is 2.39. The molecule has 1 heterocycles. The molecule has 1 N–H and O–H groups in total. The molecule has 0 bridgehead atoms. The van der Waals surface area contributed by atoms with E-state index in [1.807, 2.05) is 12.1 Å². The molecule has 0 amide bonds. The van der Waals surface area contributed by atoms with Gasteiger partial charge in [-0.15, -0.1) is 0 Å². The van der Waals surface area contributed by atoms with Crippen LogP contribution in [0.2, 0.25) is 0 Å². The van der Waals surface area contributed by atoms with Gasteiger partial charge >= 0.3 is 5.97 Å². The van der Waals surface area contributed by atoms with Crippen molar-refractivity contribution in [3.63, 3.8) is 0 Å². The van der Waals surface area contributed by atoms with E-state index in [0.29, 0.717) is 11.5 Å². The van der Waals surface area contributed by atoms with Gasteiger partial charge in [0.2, 0.25) is 0 Å². The molecular formula is C14H17NO2. The Morgan fingerprint density at radius 2 is 2.12 bits per heavy atom. The van der Waals surface area contributed by atoms with Crippen LogP contribution in [-0.4, -0.2) is 16.1 Å². The highest BCUT2D eigenvalue weighted by molar-refractivity contribution is 5.86. The fourth-order valence-corrected chi connectivity index (χ4v) is 2.48. The molecule has 1 aliphatic rings. The highest BCUT2D eigenvalue weighted by atomic mass is 16.4. The minimum absolute atomic E-state index is 0.455. The summed E-state index contributed by atoms with van der Waals surface area (Å²) in [4.78, 5) is 15.0. The van der Waals surface area contributed by atoms with Crippen LogP contribution >= 0.6 is 0 Å². The van der Waals surface area contributed by atoms with E-state index in [1.54, 1.807) is 19.3 Å². The van der Waals surface area contributed by atoms with Crippen LogP contribution in [0.1, 0.15) is 44.1 Å². The van der Waals surface area contributed by atoms with Crippen LogP contribution in [0.4, 0.5) is 0 Å². The van der Waals surface area contributed by atoms with Gasteiger partial charge in [0.1, 0.15) is 0 Å². The average molecular weight is 231 g/mol.